The first-order valence-electron chi connectivity index (χ1n) is 7.89. The summed E-state index contributed by atoms with van der Waals surface area (Å²) in [6.07, 6.45) is 1.50. The van der Waals surface area contributed by atoms with Gasteiger partial charge in [0.05, 0.1) is 11.0 Å². The van der Waals surface area contributed by atoms with Crippen molar-refractivity contribution in [3.63, 3.8) is 0 Å². The number of ether oxygens (including phenoxy) is 1. The third-order valence-corrected chi connectivity index (χ3v) is 5.85. The number of hydrogen-bond donors (Lipinski definition) is 0. The molecule has 1 aromatic carbocycles. The molecule has 0 bridgehead atoms. The summed E-state index contributed by atoms with van der Waals surface area (Å²) in [7, 11) is -1.17. The molecule has 2 aromatic rings. The van der Waals surface area contributed by atoms with Crippen LogP contribution in [0.5, 0.6) is 0 Å². The van der Waals surface area contributed by atoms with Crippen molar-refractivity contribution in [3.05, 3.63) is 67.4 Å². The molecule has 130 valence electrons. The molecule has 0 aliphatic rings. The molecule has 1 aromatic heterocycles. The number of aromatic nitrogens is 2. The van der Waals surface area contributed by atoms with Crippen molar-refractivity contribution in [1.29, 1.82) is 0 Å². The summed E-state index contributed by atoms with van der Waals surface area (Å²) in [5.74, 6) is 0. The summed E-state index contributed by atoms with van der Waals surface area (Å²) in [6.45, 7) is 7.85. The Morgan fingerprint density at radius 3 is 2.42 bits per heavy atom. The molecule has 1 heterocycles. The number of hydrogen-bond acceptors (Lipinski definition) is 3. The highest BCUT2D eigenvalue weighted by Crippen LogP contribution is 2.08. The van der Waals surface area contributed by atoms with E-state index in [0.717, 1.165) is 11.6 Å². The zero-order chi connectivity index (χ0) is 17.7. The topological polar surface area (TPSA) is 53.2 Å². The van der Waals surface area contributed by atoms with Crippen molar-refractivity contribution < 1.29 is 4.74 Å². The summed E-state index contributed by atoms with van der Waals surface area (Å²) < 4.78 is 8.64. The first-order chi connectivity index (χ1) is 11.3. The van der Waals surface area contributed by atoms with Gasteiger partial charge in [-0.25, -0.2) is 4.79 Å². The minimum absolute atomic E-state index is 0.150. The molecular weight excluding hydrogens is 388 g/mol. The fourth-order valence-corrected chi connectivity index (χ4v) is 3.38. The van der Waals surface area contributed by atoms with E-state index in [4.69, 9.17) is 4.74 Å². The molecule has 7 heteroatoms. The average Bonchev–Trinajstić information content (AvgIpc) is 2.53. The molecule has 0 unspecified atom stereocenters. The van der Waals surface area contributed by atoms with Gasteiger partial charge in [-0.2, -0.15) is 0 Å². The van der Waals surface area contributed by atoms with Crippen LogP contribution < -0.4 is 11.2 Å². The van der Waals surface area contributed by atoms with Crippen LogP contribution in [0.3, 0.4) is 0 Å². The quantitative estimate of drug-likeness (QED) is 0.520. The largest absolute Gasteiger partial charge is 0.361 e. The Bertz CT molecular complexity index is 794. The van der Waals surface area contributed by atoms with Crippen LogP contribution in [0.25, 0.3) is 0 Å². The molecule has 0 saturated heterocycles. The van der Waals surface area contributed by atoms with Crippen molar-refractivity contribution in [2.24, 2.45) is 0 Å². The van der Waals surface area contributed by atoms with Gasteiger partial charge in [-0.05, 0) is 27.5 Å². The highest BCUT2D eigenvalue weighted by atomic mass is 79.9. The fraction of sp³-hybridized carbons (Fsp3) is 0.412. The lowest BCUT2D eigenvalue weighted by Gasteiger charge is -2.16. The molecular formula is C17H23BrN2O3Si. The minimum atomic E-state index is -1.17. The number of rotatable bonds is 7. The SMILES string of the molecule is C[Si](C)(C)CCOCn1cc(Br)c(=O)n(Cc2ccccc2)c1=O. The number of halogens is 1. The molecule has 5 nitrogen and oxygen atoms in total. The van der Waals surface area contributed by atoms with Gasteiger partial charge in [0.2, 0.25) is 0 Å². The highest BCUT2D eigenvalue weighted by molar-refractivity contribution is 9.10. The Labute approximate surface area is 151 Å². The summed E-state index contributed by atoms with van der Waals surface area (Å²) in [4.78, 5) is 24.8. The molecule has 0 fully saturated rings. The average molecular weight is 411 g/mol. The summed E-state index contributed by atoms with van der Waals surface area (Å²) in [5.41, 5.74) is 0.211. The van der Waals surface area contributed by atoms with Crippen LogP contribution in [-0.4, -0.2) is 23.8 Å². The highest BCUT2D eigenvalue weighted by Gasteiger charge is 2.13. The molecule has 0 saturated carbocycles. The Kier molecular flexibility index (Phi) is 6.37. The molecule has 2 rings (SSSR count). The van der Waals surface area contributed by atoms with Crippen LogP contribution in [0.4, 0.5) is 0 Å². The first-order valence-corrected chi connectivity index (χ1v) is 12.4. The van der Waals surface area contributed by atoms with Gasteiger partial charge in [-0.3, -0.25) is 13.9 Å². The van der Waals surface area contributed by atoms with Gasteiger partial charge < -0.3 is 4.74 Å². The van der Waals surface area contributed by atoms with E-state index in [0.29, 0.717) is 11.1 Å². The number of nitrogens with zero attached hydrogens (tertiary/aromatic N) is 2. The van der Waals surface area contributed by atoms with Crippen molar-refractivity contribution in [2.45, 2.75) is 39.0 Å². The lowest BCUT2D eigenvalue weighted by molar-refractivity contribution is 0.0824. The Morgan fingerprint density at radius 1 is 1.12 bits per heavy atom. The molecule has 0 radical (unpaired) electrons. The molecule has 24 heavy (non-hydrogen) atoms. The van der Waals surface area contributed by atoms with E-state index >= 15 is 0 Å². The predicted molar refractivity (Wildman–Crippen MR) is 102 cm³/mol. The van der Waals surface area contributed by atoms with Crippen LogP contribution >= 0.6 is 15.9 Å². The Morgan fingerprint density at radius 2 is 1.79 bits per heavy atom. The zero-order valence-electron chi connectivity index (χ0n) is 14.3. The maximum Gasteiger partial charge on any atom is 0.333 e. The van der Waals surface area contributed by atoms with Gasteiger partial charge in [-0.15, -0.1) is 0 Å². The van der Waals surface area contributed by atoms with Crippen LogP contribution in [0, 0.1) is 0 Å². The molecule has 0 N–H and O–H groups in total. The van der Waals surface area contributed by atoms with Crippen LogP contribution in [0.1, 0.15) is 5.56 Å². The fourth-order valence-electron chi connectivity index (χ4n) is 2.16. The summed E-state index contributed by atoms with van der Waals surface area (Å²) in [5, 5.41) is 0. The normalized spacial score (nSPS) is 11.7. The maximum absolute atomic E-state index is 12.6. The molecule has 0 atom stereocenters. The molecule has 0 amide bonds. The second-order valence-corrected chi connectivity index (χ2v) is 13.4. The van der Waals surface area contributed by atoms with Crippen molar-refractivity contribution in [1.82, 2.24) is 9.13 Å². The van der Waals surface area contributed by atoms with Crippen LogP contribution in [0.15, 0.2) is 50.6 Å². The Hall–Kier alpha value is -1.44. The van der Waals surface area contributed by atoms with E-state index in [1.807, 2.05) is 30.3 Å². The predicted octanol–water partition coefficient (Wildman–Crippen LogP) is 3.13. The van der Waals surface area contributed by atoms with Gasteiger partial charge in [0.25, 0.3) is 5.56 Å². The number of benzene rings is 1. The van der Waals surface area contributed by atoms with Crippen LogP contribution in [0.2, 0.25) is 25.7 Å². The lowest BCUT2D eigenvalue weighted by Crippen LogP contribution is -2.40. The van der Waals surface area contributed by atoms with Gasteiger partial charge in [0.15, 0.2) is 0 Å². The first kappa shape index (κ1) is 18.9. The third kappa shape index (κ3) is 5.29. The Balaban J connectivity index is 2.18. The second kappa shape index (κ2) is 8.09. The lowest BCUT2D eigenvalue weighted by atomic mass is 10.2. The van der Waals surface area contributed by atoms with E-state index < -0.39 is 8.07 Å². The van der Waals surface area contributed by atoms with E-state index in [2.05, 4.69) is 35.6 Å². The van der Waals surface area contributed by atoms with Crippen molar-refractivity contribution in [2.75, 3.05) is 6.61 Å². The molecule has 0 spiro atoms. The molecule has 0 aliphatic carbocycles. The van der Waals surface area contributed by atoms with E-state index in [1.165, 1.54) is 15.3 Å². The van der Waals surface area contributed by atoms with E-state index in [1.54, 1.807) is 0 Å². The van der Waals surface area contributed by atoms with Crippen molar-refractivity contribution >= 4 is 24.0 Å². The summed E-state index contributed by atoms with van der Waals surface area (Å²) >= 11 is 3.24. The molecule has 0 aliphatic heterocycles. The zero-order valence-corrected chi connectivity index (χ0v) is 16.9. The third-order valence-electron chi connectivity index (χ3n) is 3.61. The van der Waals surface area contributed by atoms with Gasteiger partial charge in [0, 0.05) is 20.9 Å². The van der Waals surface area contributed by atoms with Gasteiger partial charge >= 0.3 is 5.69 Å². The smallest absolute Gasteiger partial charge is 0.333 e. The standard InChI is InChI=1S/C17H23BrN2O3Si/c1-24(2,3)10-9-23-13-19-12-15(18)16(21)20(17(19)22)11-14-7-5-4-6-8-14/h4-8,12H,9-11,13H2,1-3H3. The van der Waals surface area contributed by atoms with Gasteiger partial charge in [0.1, 0.15) is 6.73 Å². The van der Waals surface area contributed by atoms with E-state index in [9.17, 15) is 9.59 Å². The maximum atomic E-state index is 12.6. The van der Waals surface area contributed by atoms with Crippen LogP contribution in [-0.2, 0) is 18.0 Å². The monoisotopic (exact) mass is 410 g/mol. The summed E-state index contributed by atoms with van der Waals surface area (Å²) in [6, 6.07) is 10.5. The van der Waals surface area contributed by atoms with E-state index in [-0.39, 0.29) is 24.5 Å². The van der Waals surface area contributed by atoms with Crippen molar-refractivity contribution in [3.8, 4) is 0 Å². The van der Waals surface area contributed by atoms with Gasteiger partial charge in [-0.1, -0.05) is 50.0 Å². The minimum Gasteiger partial charge on any atom is -0.361 e. The second-order valence-electron chi connectivity index (χ2n) is 6.95.